The third-order valence-electron chi connectivity index (χ3n) is 3.81. The third-order valence-corrected chi connectivity index (χ3v) is 3.81. The van der Waals surface area contributed by atoms with Crippen LogP contribution < -0.4 is 4.74 Å². The molecule has 0 aromatic heterocycles. The van der Waals surface area contributed by atoms with Gasteiger partial charge in [-0.2, -0.15) is 0 Å². The minimum Gasteiger partial charge on any atom is -0.493 e. The molecule has 1 aromatic carbocycles. The van der Waals surface area contributed by atoms with Crippen molar-refractivity contribution in [1.82, 2.24) is 0 Å². The Morgan fingerprint density at radius 1 is 1.30 bits per heavy atom. The fourth-order valence-corrected chi connectivity index (χ4v) is 2.14. The van der Waals surface area contributed by atoms with E-state index in [-0.39, 0.29) is 11.7 Å². The molecule has 0 bridgehead atoms. The lowest BCUT2D eigenvalue weighted by atomic mass is 9.86. The summed E-state index contributed by atoms with van der Waals surface area (Å²) >= 11 is 0. The van der Waals surface area contributed by atoms with E-state index in [9.17, 15) is 9.50 Å². The number of hydrogen-bond acceptors (Lipinski definition) is 2. The van der Waals surface area contributed by atoms with Gasteiger partial charge in [0.1, 0.15) is 11.6 Å². The van der Waals surface area contributed by atoms with Gasteiger partial charge in [-0.25, -0.2) is 4.39 Å². The number of hydrogen-bond donors (Lipinski definition) is 1. The number of ether oxygens (including phenoxy) is 1. The van der Waals surface area contributed by atoms with Crippen molar-refractivity contribution < 1.29 is 14.2 Å². The first-order valence-corrected chi connectivity index (χ1v) is 7.40. The summed E-state index contributed by atoms with van der Waals surface area (Å²) < 4.78 is 19.7. The van der Waals surface area contributed by atoms with Gasteiger partial charge in [0.2, 0.25) is 0 Å². The number of rotatable bonds is 7. The van der Waals surface area contributed by atoms with Crippen molar-refractivity contribution in [2.24, 2.45) is 5.92 Å². The zero-order valence-corrected chi connectivity index (χ0v) is 13.2. The fourth-order valence-electron chi connectivity index (χ4n) is 2.14. The molecule has 114 valence electrons. The van der Waals surface area contributed by atoms with Gasteiger partial charge in [-0.15, -0.1) is 0 Å². The summed E-state index contributed by atoms with van der Waals surface area (Å²) in [5, 5.41) is 9.97. The smallest absolute Gasteiger partial charge is 0.130 e. The molecule has 3 heteroatoms. The molecule has 0 heterocycles. The summed E-state index contributed by atoms with van der Waals surface area (Å²) in [6, 6.07) is 4.90. The van der Waals surface area contributed by atoms with E-state index in [1.165, 1.54) is 6.07 Å². The van der Waals surface area contributed by atoms with Gasteiger partial charge in [0.15, 0.2) is 0 Å². The van der Waals surface area contributed by atoms with Crippen LogP contribution in [0.2, 0.25) is 0 Å². The van der Waals surface area contributed by atoms with Gasteiger partial charge in [-0.3, -0.25) is 0 Å². The molecule has 2 atom stereocenters. The summed E-state index contributed by atoms with van der Waals surface area (Å²) in [4.78, 5) is 0. The largest absolute Gasteiger partial charge is 0.493 e. The molecule has 1 rings (SSSR count). The zero-order valence-electron chi connectivity index (χ0n) is 13.2. The van der Waals surface area contributed by atoms with Crippen LogP contribution in [0.3, 0.4) is 0 Å². The van der Waals surface area contributed by atoms with Crippen molar-refractivity contribution in [3.63, 3.8) is 0 Å². The van der Waals surface area contributed by atoms with Crippen LogP contribution >= 0.6 is 0 Å². The van der Waals surface area contributed by atoms with Gasteiger partial charge in [-0.1, -0.05) is 33.3 Å². The van der Waals surface area contributed by atoms with E-state index in [4.69, 9.17) is 4.74 Å². The van der Waals surface area contributed by atoms with E-state index in [2.05, 4.69) is 13.8 Å². The SMILES string of the molecule is CCCC(C)COc1ccc([C@@H](C)C(C)(C)O)c(F)c1. The standard InChI is InChI=1S/C17H27FO2/c1-6-7-12(2)11-20-14-8-9-15(16(18)10-14)13(3)17(4,5)19/h8-10,12-13,19H,6-7,11H2,1-5H3/t12?,13-/m1/s1. The normalized spacial score (nSPS) is 14.9. The molecule has 1 N–H and O–H groups in total. The van der Waals surface area contributed by atoms with Crippen LogP contribution in [-0.4, -0.2) is 17.3 Å². The molecule has 0 saturated carbocycles. The molecule has 1 aromatic rings. The van der Waals surface area contributed by atoms with Crippen LogP contribution in [0.25, 0.3) is 0 Å². The van der Waals surface area contributed by atoms with Crippen LogP contribution in [-0.2, 0) is 0 Å². The van der Waals surface area contributed by atoms with Crippen molar-refractivity contribution in [2.45, 2.75) is 59.0 Å². The van der Waals surface area contributed by atoms with Gasteiger partial charge in [0, 0.05) is 12.0 Å². The van der Waals surface area contributed by atoms with Gasteiger partial charge in [-0.05, 0) is 37.8 Å². The predicted molar refractivity (Wildman–Crippen MR) is 80.7 cm³/mol. The monoisotopic (exact) mass is 282 g/mol. The Hall–Kier alpha value is -1.09. The first kappa shape index (κ1) is 17.0. The van der Waals surface area contributed by atoms with Crippen molar-refractivity contribution in [3.8, 4) is 5.75 Å². The lowest BCUT2D eigenvalue weighted by molar-refractivity contribution is 0.0546. The predicted octanol–water partition coefficient (Wildman–Crippen LogP) is 4.52. The Morgan fingerprint density at radius 2 is 1.95 bits per heavy atom. The number of benzene rings is 1. The quantitative estimate of drug-likeness (QED) is 0.797. The van der Waals surface area contributed by atoms with E-state index in [1.807, 2.05) is 6.92 Å². The molecule has 0 amide bonds. The van der Waals surface area contributed by atoms with Crippen LogP contribution in [0.4, 0.5) is 4.39 Å². The Balaban J connectivity index is 2.73. The van der Waals surface area contributed by atoms with Crippen molar-refractivity contribution in [3.05, 3.63) is 29.6 Å². The van der Waals surface area contributed by atoms with Crippen molar-refractivity contribution in [1.29, 1.82) is 0 Å². The van der Waals surface area contributed by atoms with Crippen LogP contribution in [0, 0.1) is 11.7 Å². The second-order valence-corrected chi connectivity index (χ2v) is 6.26. The molecule has 0 aliphatic rings. The summed E-state index contributed by atoms with van der Waals surface area (Å²) in [5.41, 5.74) is -0.426. The maximum Gasteiger partial charge on any atom is 0.130 e. The maximum absolute atomic E-state index is 14.1. The molecule has 0 spiro atoms. The molecule has 1 unspecified atom stereocenters. The minimum atomic E-state index is -0.946. The summed E-state index contributed by atoms with van der Waals surface area (Å²) in [6.07, 6.45) is 2.23. The average Bonchev–Trinajstić information content (AvgIpc) is 2.35. The van der Waals surface area contributed by atoms with Gasteiger partial charge in [0.05, 0.1) is 12.2 Å². The second kappa shape index (κ2) is 7.07. The van der Waals surface area contributed by atoms with Crippen molar-refractivity contribution in [2.75, 3.05) is 6.61 Å². The van der Waals surface area contributed by atoms with Crippen LogP contribution in [0.15, 0.2) is 18.2 Å². The first-order valence-electron chi connectivity index (χ1n) is 7.40. The molecular formula is C17H27FO2. The molecule has 0 radical (unpaired) electrons. The highest BCUT2D eigenvalue weighted by atomic mass is 19.1. The third kappa shape index (κ3) is 4.78. The number of aliphatic hydroxyl groups is 1. The Kier molecular flexibility index (Phi) is 6.00. The lowest BCUT2D eigenvalue weighted by Crippen LogP contribution is -2.27. The number of halogens is 1. The molecular weight excluding hydrogens is 255 g/mol. The lowest BCUT2D eigenvalue weighted by Gasteiger charge is -2.26. The Morgan fingerprint density at radius 3 is 2.45 bits per heavy atom. The average molecular weight is 282 g/mol. The fraction of sp³-hybridized carbons (Fsp3) is 0.647. The van der Waals surface area contributed by atoms with E-state index in [1.54, 1.807) is 26.0 Å². The van der Waals surface area contributed by atoms with Crippen LogP contribution in [0.5, 0.6) is 5.75 Å². The van der Waals surface area contributed by atoms with Gasteiger partial charge < -0.3 is 9.84 Å². The zero-order chi connectivity index (χ0) is 15.3. The highest BCUT2D eigenvalue weighted by molar-refractivity contribution is 5.32. The van der Waals surface area contributed by atoms with E-state index in [0.29, 0.717) is 23.8 Å². The van der Waals surface area contributed by atoms with E-state index >= 15 is 0 Å². The molecule has 0 aliphatic carbocycles. The molecule has 0 aliphatic heterocycles. The van der Waals surface area contributed by atoms with Crippen molar-refractivity contribution >= 4 is 0 Å². The Labute approximate surface area is 122 Å². The van der Waals surface area contributed by atoms with Gasteiger partial charge >= 0.3 is 0 Å². The van der Waals surface area contributed by atoms with E-state index in [0.717, 1.165) is 12.8 Å². The topological polar surface area (TPSA) is 29.5 Å². The molecule has 2 nitrogen and oxygen atoms in total. The molecule has 20 heavy (non-hydrogen) atoms. The minimum absolute atomic E-state index is 0.268. The van der Waals surface area contributed by atoms with E-state index < -0.39 is 5.60 Å². The molecule has 0 fully saturated rings. The first-order chi connectivity index (χ1) is 9.25. The maximum atomic E-state index is 14.1. The highest BCUT2D eigenvalue weighted by Gasteiger charge is 2.26. The summed E-state index contributed by atoms with van der Waals surface area (Å²) in [5.74, 6) is 0.436. The molecule has 0 saturated heterocycles. The van der Waals surface area contributed by atoms with Crippen LogP contribution in [0.1, 0.15) is 58.9 Å². The summed E-state index contributed by atoms with van der Waals surface area (Å²) in [6.45, 7) is 10.1. The Bertz CT molecular complexity index is 423. The second-order valence-electron chi connectivity index (χ2n) is 6.26. The van der Waals surface area contributed by atoms with Gasteiger partial charge in [0.25, 0.3) is 0 Å². The highest BCUT2D eigenvalue weighted by Crippen LogP contribution is 2.31. The summed E-state index contributed by atoms with van der Waals surface area (Å²) in [7, 11) is 0.